The summed E-state index contributed by atoms with van der Waals surface area (Å²) in [6, 6.07) is 19.4. The highest BCUT2D eigenvalue weighted by atomic mass is 16.7. The lowest BCUT2D eigenvalue weighted by molar-refractivity contribution is -0.126. The molecule has 1 amide bonds. The minimum Gasteiger partial charge on any atom is -0.267 e. The fourth-order valence-corrected chi connectivity index (χ4v) is 2.51. The van der Waals surface area contributed by atoms with Gasteiger partial charge in [0.05, 0.1) is 6.04 Å². The van der Waals surface area contributed by atoms with Crippen molar-refractivity contribution in [2.24, 2.45) is 0 Å². The van der Waals surface area contributed by atoms with E-state index in [1.807, 2.05) is 67.6 Å². The Labute approximate surface area is 118 Å². The Morgan fingerprint density at radius 3 is 2.30 bits per heavy atom. The van der Waals surface area contributed by atoms with Crippen LogP contribution in [-0.2, 0) is 4.84 Å². The number of nitrogens with zero attached hydrogens (tertiary/aromatic N) is 1. The molecule has 1 aliphatic heterocycles. The van der Waals surface area contributed by atoms with Gasteiger partial charge in [-0.15, -0.1) is 0 Å². The van der Waals surface area contributed by atoms with Gasteiger partial charge in [-0.2, -0.15) is 0 Å². The summed E-state index contributed by atoms with van der Waals surface area (Å²) in [6.45, 7) is 2.02. The zero-order valence-corrected chi connectivity index (χ0v) is 11.4. The molecule has 3 heteroatoms. The SMILES string of the molecule is C[C@H]1C[C@@H](c2ccccc2)ON1C(=O)c1ccccc1. The molecule has 0 aliphatic carbocycles. The van der Waals surface area contributed by atoms with Crippen LogP contribution in [0, 0.1) is 0 Å². The van der Waals surface area contributed by atoms with Crippen molar-refractivity contribution in [2.75, 3.05) is 0 Å². The quantitative estimate of drug-likeness (QED) is 0.832. The summed E-state index contributed by atoms with van der Waals surface area (Å²) in [4.78, 5) is 18.3. The van der Waals surface area contributed by atoms with E-state index in [9.17, 15) is 4.79 Å². The van der Waals surface area contributed by atoms with Crippen molar-refractivity contribution in [3.05, 3.63) is 71.8 Å². The second-order valence-corrected chi connectivity index (χ2v) is 5.09. The van der Waals surface area contributed by atoms with Gasteiger partial charge in [-0.1, -0.05) is 48.5 Å². The van der Waals surface area contributed by atoms with Crippen molar-refractivity contribution >= 4 is 5.91 Å². The molecule has 3 nitrogen and oxygen atoms in total. The molecule has 1 heterocycles. The molecule has 102 valence electrons. The van der Waals surface area contributed by atoms with Crippen molar-refractivity contribution < 1.29 is 9.63 Å². The molecule has 0 spiro atoms. The number of hydrogen-bond acceptors (Lipinski definition) is 2. The van der Waals surface area contributed by atoms with Crippen LogP contribution in [0.25, 0.3) is 0 Å². The molecular weight excluding hydrogens is 250 g/mol. The van der Waals surface area contributed by atoms with Gasteiger partial charge in [0.15, 0.2) is 0 Å². The number of benzene rings is 2. The maximum atomic E-state index is 12.4. The minimum atomic E-state index is -0.0727. The Balaban J connectivity index is 1.78. The van der Waals surface area contributed by atoms with E-state index in [0.717, 1.165) is 12.0 Å². The maximum absolute atomic E-state index is 12.4. The zero-order chi connectivity index (χ0) is 13.9. The molecule has 0 unspecified atom stereocenters. The van der Waals surface area contributed by atoms with E-state index in [1.165, 1.54) is 5.06 Å². The lowest BCUT2D eigenvalue weighted by atomic mass is 10.0. The van der Waals surface area contributed by atoms with E-state index in [0.29, 0.717) is 5.56 Å². The predicted octanol–water partition coefficient (Wildman–Crippen LogP) is 3.59. The van der Waals surface area contributed by atoms with Gasteiger partial charge in [0.2, 0.25) is 0 Å². The van der Waals surface area contributed by atoms with Crippen LogP contribution in [0.4, 0.5) is 0 Å². The van der Waals surface area contributed by atoms with E-state index >= 15 is 0 Å². The molecule has 0 bridgehead atoms. The summed E-state index contributed by atoms with van der Waals surface area (Å²) in [5.74, 6) is -0.0727. The van der Waals surface area contributed by atoms with Crippen molar-refractivity contribution in [2.45, 2.75) is 25.5 Å². The van der Waals surface area contributed by atoms with E-state index in [4.69, 9.17) is 4.84 Å². The van der Waals surface area contributed by atoms with E-state index in [2.05, 4.69) is 0 Å². The third kappa shape index (κ3) is 2.45. The van der Waals surface area contributed by atoms with Gasteiger partial charge in [-0.05, 0) is 24.6 Å². The highest BCUT2D eigenvalue weighted by molar-refractivity contribution is 5.93. The first kappa shape index (κ1) is 12.9. The van der Waals surface area contributed by atoms with Crippen LogP contribution in [0.2, 0.25) is 0 Å². The Morgan fingerprint density at radius 1 is 1.05 bits per heavy atom. The minimum absolute atomic E-state index is 0.0427. The Kier molecular flexibility index (Phi) is 3.52. The predicted molar refractivity (Wildman–Crippen MR) is 77.0 cm³/mol. The monoisotopic (exact) mass is 267 g/mol. The third-order valence-electron chi connectivity index (χ3n) is 3.59. The van der Waals surface area contributed by atoms with Crippen molar-refractivity contribution in [1.82, 2.24) is 5.06 Å². The molecule has 2 atom stereocenters. The summed E-state index contributed by atoms with van der Waals surface area (Å²) in [6.07, 6.45) is 0.779. The highest BCUT2D eigenvalue weighted by Crippen LogP contribution is 2.33. The van der Waals surface area contributed by atoms with Crippen molar-refractivity contribution in [3.63, 3.8) is 0 Å². The molecule has 1 fully saturated rings. The van der Waals surface area contributed by atoms with Gasteiger partial charge in [0, 0.05) is 12.0 Å². The van der Waals surface area contributed by atoms with Gasteiger partial charge in [-0.25, -0.2) is 5.06 Å². The molecule has 0 N–H and O–H groups in total. The van der Waals surface area contributed by atoms with Crippen LogP contribution >= 0.6 is 0 Å². The van der Waals surface area contributed by atoms with Gasteiger partial charge in [-0.3, -0.25) is 9.63 Å². The van der Waals surface area contributed by atoms with Crippen LogP contribution in [-0.4, -0.2) is 17.0 Å². The summed E-state index contributed by atoms with van der Waals surface area (Å²) >= 11 is 0. The lowest BCUT2D eigenvalue weighted by Gasteiger charge is -2.20. The highest BCUT2D eigenvalue weighted by Gasteiger charge is 2.35. The first-order chi connectivity index (χ1) is 9.75. The standard InChI is InChI=1S/C17H17NO2/c1-13-12-16(14-8-4-2-5-9-14)20-18(13)17(19)15-10-6-3-7-11-15/h2-11,13,16H,12H2,1H3/t13-,16-/m0/s1. The fraction of sp³-hybridized carbons (Fsp3) is 0.235. The molecule has 20 heavy (non-hydrogen) atoms. The van der Waals surface area contributed by atoms with E-state index in [1.54, 1.807) is 0 Å². The molecular formula is C17H17NO2. The lowest BCUT2D eigenvalue weighted by Crippen LogP contribution is -2.32. The van der Waals surface area contributed by atoms with Crippen LogP contribution in [0.3, 0.4) is 0 Å². The normalized spacial score (nSPS) is 21.9. The molecule has 1 saturated heterocycles. The average molecular weight is 267 g/mol. The second-order valence-electron chi connectivity index (χ2n) is 5.09. The molecule has 1 aliphatic rings. The number of carbonyl (C=O) groups is 1. The first-order valence-electron chi connectivity index (χ1n) is 6.86. The summed E-state index contributed by atoms with van der Waals surface area (Å²) in [5, 5.41) is 1.51. The largest absolute Gasteiger partial charge is 0.277 e. The van der Waals surface area contributed by atoms with Gasteiger partial charge < -0.3 is 0 Å². The Bertz CT molecular complexity index is 582. The smallest absolute Gasteiger partial charge is 0.267 e. The van der Waals surface area contributed by atoms with Crippen LogP contribution < -0.4 is 0 Å². The molecule has 0 radical (unpaired) electrons. The number of rotatable bonds is 2. The van der Waals surface area contributed by atoms with Gasteiger partial charge >= 0.3 is 0 Å². The molecule has 3 rings (SSSR count). The topological polar surface area (TPSA) is 29.5 Å². The molecule has 2 aromatic carbocycles. The van der Waals surface area contributed by atoms with Crippen LogP contribution in [0.15, 0.2) is 60.7 Å². The first-order valence-corrected chi connectivity index (χ1v) is 6.86. The number of hydrogen-bond donors (Lipinski definition) is 0. The molecule has 0 saturated carbocycles. The maximum Gasteiger partial charge on any atom is 0.277 e. The zero-order valence-electron chi connectivity index (χ0n) is 11.4. The second kappa shape index (κ2) is 5.47. The van der Waals surface area contributed by atoms with Crippen molar-refractivity contribution in [3.8, 4) is 0 Å². The summed E-state index contributed by atoms with van der Waals surface area (Å²) in [5.41, 5.74) is 1.77. The van der Waals surface area contributed by atoms with E-state index < -0.39 is 0 Å². The van der Waals surface area contributed by atoms with Crippen molar-refractivity contribution in [1.29, 1.82) is 0 Å². The number of hydroxylamine groups is 2. The average Bonchev–Trinajstić information content (AvgIpc) is 2.90. The van der Waals surface area contributed by atoms with E-state index in [-0.39, 0.29) is 18.1 Å². The molecule has 0 aromatic heterocycles. The van der Waals surface area contributed by atoms with Crippen LogP contribution in [0.5, 0.6) is 0 Å². The Hall–Kier alpha value is -2.13. The third-order valence-corrected chi connectivity index (χ3v) is 3.59. The van der Waals surface area contributed by atoms with Gasteiger partial charge in [0.1, 0.15) is 6.10 Å². The van der Waals surface area contributed by atoms with Crippen LogP contribution in [0.1, 0.15) is 35.4 Å². The summed E-state index contributed by atoms with van der Waals surface area (Å²) < 4.78 is 0. The Morgan fingerprint density at radius 2 is 1.65 bits per heavy atom. The fourth-order valence-electron chi connectivity index (χ4n) is 2.51. The summed E-state index contributed by atoms with van der Waals surface area (Å²) in [7, 11) is 0. The number of amides is 1. The van der Waals surface area contributed by atoms with Gasteiger partial charge in [0.25, 0.3) is 5.91 Å². The number of carbonyl (C=O) groups excluding carboxylic acids is 1. The molecule has 2 aromatic rings.